The summed E-state index contributed by atoms with van der Waals surface area (Å²) in [6, 6.07) is 11.9. The average Bonchev–Trinajstić information content (AvgIpc) is 3.24. The molecular weight excluding hydrogens is 468 g/mol. The summed E-state index contributed by atoms with van der Waals surface area (Å²) < 4.78 is 10.8. The summed E-state index contributed by atoms with van der Waals surface area (Å²) in [6.07, 6.45) is 3.47. The number of carbonyl (C=O) groups excluding carboxylic acids is 2. The second kappa shape index (κ2) is 11.8. The molecule has 0 aliphatic carbocycles. The van der Waals surface area contributed by atoms with Crippen molar-refractivity contribution in [3.63, 3.8) is 0 Å². The van der Waals surface area contributed by atoms with E-state index in [9.17, 15) is 9.59 Å². The Hall–Kier alpha value is -3.39. The maximum atomic E-state index is 12.9. The van der Waals surface area contributed by atoms with Gasteiger partial charge in [-0.1, -0.05) is 19.1 Å². The number of methoxy groups -OCH3 is 2. The molecule has 37 heavy (non-hydrogen) atoms. The zero-order chi connectivity index (χ0) is 26.5. The first-order chi connectivity index (χ1) is 17.8. The van der Waals surface area contributed by atoms with Crippen LogP contribution < -0.4 is 14.8 Å². The molecule has 2 aromatic rings. The number of amides is 2. The maximum absolute atomic E-state index is 12.9. The number of anilines is 1. The molecule has 8 nitrogen and oxygen atoms in total. The number of benzene rings is 2. The van der Waals surface area contributed by atoms with Crippen molar-refractivity contribution in [2.45, 2.75) is 38.5 Å². The zero-order valence-electron chi connectivity index (χ0n) is 22.5. The highest BCUT2D eigenvalue weighted by molar-refractivity contribution is 6.19. The molecule has 2 aliphatic rings. The number of rotatable bonds is 9. The molecule has 0 saturated carbocycles. The minimum atomic E-state index is -0.457. The minimum absolute atomic E-state index is 0.0846. The van der Waals surface area contributed by atoms with Crippen molar-refractivity contribution in [3.8, 4) is 11.5 Å². The number of nitrogens with one attached hydrogen (secondary N) is 1. The third kappa shape index (κ3) is 5.96. The molecule has 1 atom stereocenters. The van der Waals surface area contributed by atoms with Gasteiger partial charge < -0.3 is 24.6 Å². The summed E-state index contributed by atoms with van der Waals surface area (Å²) in [7, 11) is 6.84. The van der Waals surface area contributed by atoms with Crippen molar-refractivity contribution in [1.82, 2.24) is 9.80 Å². The number of piperidine rings is 1. The summed E-state index contributed by atoms with van der Waals surface area (Å²) in [6.45, 7) is 4.94. The molecule has 0 aromatic heterocycles. The summed E-state index contributed by atoms with van der Waals surface area (Å²) >= 11 is 0. The van der Waals surface area contributed by atoms with Crippen molar-refractivity contribution in [3.05, 3.63) is 47.5 Å². The number of likely N-dealkylation sites (tertiary alicyclic amines) is 1. The summed E-state index contributed by atoms with van der Waals surface area (Å²) in [5, 5.41) is 2.96. The highest BCUT2D eigenvalue weighted by Gasteiger charge is 2.35. The monoisotopic (exact) mass is 506 g/mol. The van der Waals surface area contributed by atoms with Crippen molar-refractivity contribution < 1.29 is 19.1 Å². The highest BCUT2D eigenvalue weighted by atomic mass is 16.5. The molecule has 2 aromatic carbocycles. The molecule has 0 spiro atoms. The normalized spacial score (nSPS) is 18.4. The van der Waals surface area contributed by atoms with E-state index in [4.69, 9.17) is 14.5 Å². The van der Waals surface area contributed by atoms with Crippen LogP contribution in [0.25, 0.3) is 0 Å². The fourth-order valence-electron chi connectivity index (χ4n) is 5.23. The van der Waals surface area contributed by atoms with Gasteiger partial charge in [0.05, 0.1) is 19.9 Å². The van der Waals surface area contributed by atoms with E-state index in [1.807, 2.05) is 39.2 Å². The van der Waals surface area contributed by atoms with Crippen LogP contribution in [-0.4, -0.2) is 75.3 Å². The molecule has 0 radical (unpaired) electrons. The smallest absolute Gasteiger partial charge is 0.237 e. The van der Waals surface area contributed by atoms with Crippen LogP contribution in [0.4, 0.5) is 11.4 Å². The van der Waals surface area contributed by atoms with Crippen LogP contribution >= 0.6 is 0 Å². The predicted molar refractivity (Wildman–Crippen MR) is 146 cm³/mol. The van der Waals surface area contributed by atoms with E-state index in [0.717, 1.165) is 61.5 Å². The van der Waals surface area contributed by atoms with Crippen molar-refractivity contribution in [2.75, 3.05) is 53.3 Å². The summed E-state index contributed by atoms with van der Waals surface area (Å²) in [5.74, 6) is 1.04. The Bertz CT molecular complexity index is 1150. The molecule has 1 saturated heterocycles. The van der Waals surface area contributed by atoms with E-state index < -0.39 is 5.92 Å². The third-order valence-corrected chi connectivity index (χ3v) is 7.39. The SMILES string of the molecule is CCC(=Nc1ccc(CCN2CCC(C(=O)N(C)C)CC2)cc1)C1C(=O)Nc2cc(OC)c(OC)cc21. The first-order valence-corrected chi connectivity index (χ1v) is 13.0. The van der Waals surface area contributed by atoms with Gasteiger partial charge in [0.25, 0.3) is 0 Å². The molecule has 2 amide bonds. The Balaban J connectivity index is 1.40. The number of fused-ring (bicyclic) bond motifs is 1. The van der Waals surface area contributed by atoms with Gasteiger partial charge in [-0.15, -0.1) is 0 Å². The van der Waals surface area contributed by atoms with Gasteiger partial charge in [-0.05, 0) is 68.1 Å². The molecule has 1 unspecified atom stereocenters. The molecule has 1 fully saturated rings. The Morgan fingerprint density at radius 3 is 2.32 bits per heavy atom. The molecule has 198 valence electrons. The molecule has 1 N–H and O–H groups in total. The molecule has 0 bridgehead atoms. The van der Waals surface area contributed by atoms with Crippen LogP contribution in [0, 0.1) is 5.92 Å². The Kier molecular flexibility index (Phi) is 8.48. The second-order valence-corrected chi connectivity index (χ2v) is 9.94. The van der Waals surface area contributed by atoms with E-state index in [2.05, 4.69) is 22.3 Å². The highest BCUT2D eigenvalue weighted by Crippen LogP contribution is 2.42. The van der Waals surface area contributed by atoms with Crippen LogP contribution in [0.5, 0.6) is 11.5 Å². The van der Waals surface area contributed by atoms with E-state index in [1.54, 1.807) is 25.2 Å². The Morgan fingerprint density at radius 1 is 1.08 bits per heavy atom. The van der Waals surface area contributed by atoms with Gasteiger partial charge in [0.1, 0.15) is 5.92 Å². The van der Waals surface area contributed by atoms with Gasteiger partial charge in [0, 0.05) is 44.0 Å². The van der Waals surface area contributed by atoms with Crippen LogP contribution in [0.2, 0.25) is 0 Å². The molecular formula is C29H38N4O4. The lowest BCUT2D eigenvalue weighted by Gasteiger charge is -2.32. The molecule has 2 aliphatic heterocycles. The fraction of sp³-hybridized carbons (Fsp3) is 0.483. The molecule has 2 heterocycles. The zero-order valence-corrected chi connectivity index (χ0v) is 22.5. The average molecular weight is 507 g/mol. The lowest BCUT2D eigenvalue weighted by molar-refractivity contribution is -0.134. The molecule has 8 heteroatoms. The molecule has 4 rings (SSSR count). The second-order valence-electron chi connectivity index (χ2n) is 9.94. The predicted octanol–water partition coefficient (Wildman–Crippen LogP) is 4.26. The van der Waals surface area contributed by atoms with Gasteiger partial charge in [-0.25, -0.2) is 0 Å². The largest absolute Gasteiger partial charge is 0.493 e. The standard InChI is InChI=1S/C29H38N4O4/c1-6-23(27-22-17-25(36-4)26(37-5)18-24(22)31-28(27)34)30-21-9-7-19(8-10-21)11-14-33-15-12-20(13-16-33)29(35)32(2)3/h7-10,17-18,20,27H,6,11-16H2,1-5H3,(H,31,34). The van der Waals surface area contributed by atoms with Gasteiger partial charge in [-0.3, -0.25) is 14.6 Å². The van der Waals surface area contributed by atoms with Gasteiger partial charge in [-0.2, -0.15) is 0 Å². The van der Waals surface area contributed by atoms with Crippen molar-refractivity contribution >= 4 is 28.9 Å². The van der Waals surface area contributed by atoms with Crippen molar-refractivity contribution in [1.29, 1.82) is 0 Å². The third-order valence-electron chi connectivity index (χ3n) is 7.39. The lowest BCUT2D eigenvalue weighted by Crippen LogP contribution is -2.40. The van der Waals surface area contributed by atoms with Gasteiger partial charge >= 0.3 is 0 Å². The van der Waals surface area contributed by atoms with E-state index in [1.165, 1.54) is 5.56 Å². The summed E-state index contributed by atoms with van der Waals surface area (Å²) in [4.78, 5) is 34.1. The Morgan fingerprint density at radius 2 is 1.73 bits per heavy atom. The van der Waals surface area contributed by atoms with Crippen LogP contribution in [0.3, 0.4) is 0 Å². The number of nitrogens with zero attached hydrogens (tertiary/aromatic N) is 3. The van der Waals surface area contributed by atoms with Crippen molar-refractivity contribution in [2.24, 2.45) is 10.9 Å². The fourth-order valence-corrected chi connectivity index (χ4v) is 5.23. The van der Waals surface area contributed by atoms with E-state index >= 15 is 0 Å². The number of aliphatic imine (C=N–C) groups is 1. The van der Waals surface area contributed by atoms with Gasteiger partial charge in [0.2, 0.25) is 11.8 Å². The number of ether oxygens (including phenoxy) is 2. The van der Waals surface area contributed by atoms with Crippen LogP contribution in [0.1, 0.15) is 43.2 Å². The Labute approximate surface area is 219 Å². The van der Waals surface area contributed by atoms with E-state index in [-0.39, 0.29) is 17.7 Å². The quantitative estimate of drug-likeness (QED) is 0.514. The van der Waals surface area contributed by atoms with Crippen LogP contribution in [-0.2, 0) is 16.0 Å². The number of hydrogen-bond donors (Lipinski definition) is 1. The minimum Gasteiger partial charge on any atom is -0.493 e. The maximum Gasteiger partial charge on any atom is 0.237 e. The van der Waals surface area contributed by atoms with Gasteiger partial charge in [0.15, 0.2) is 11.5 Å². The first-order valence-electron chi connectivity index (χ1n) is 13.0. The lowest BCUT2D eigenvalue weighted by atomic mass is 9.93. The number of hydrogen-bond acceptors (Lipinski definition) is 6. The number of carbonyl (C=O) groups is 2. The van der Waals surface area contributed by atoms with Crippen LogP contribution in [0.15, 0.2) is 41.4 Å². The first kappa shape index (κ1) is 26.7. The van der Waals surface area contributed by atoms with E-state index in [0.29, 0.717) is 17.9 Å². The summed E-state index contributed by atoms with van der Waals surface area (Å²) in [5.41, 5.74) is 4.50. The topological polar surface area (TPSA) is 83.5 Å².